The summed E-state index contributed by atoms with van der Waals surface area (Å²) in [5, 5.41) is 15.8. The maximum absolute atomic E-state index is 11.4. The molecule has 21 heavy (non-hydrogen) atoms. The van der Waals surface area contributed by atoms with E-state index in [1.54, 1.807) is 6.07 Å². The molecule has 2 aromatic rings. The minimum absolute atomic E-state index is 0.174. The summed E-state index contributed by atoms with van der Waals surface area (Å²) >= 11 is 1.49. The SMILES string of the molecule is Cc1nc2cc(N3CC(C)NC(C)C3)c([N+](=O)[O-])cc2s1. The minimum Gasteiger partial charge on any atom is -0.363 e. The molecule has 1 saturated heterocycles. The molecule has 1 aromatic carbocycles. The third kappa shape index (κ3) is 2.71. The van der Waals surface area contributed by atoms with Gasteiger partial charge in [-0.1, -0.05) is 0 Å². The lowest BCUT2D eigenvalue weighted by Crippen LogP contribution is -2.54. The maximum Gasteiger partial charge on any atom is 0.294 e. The number of aryl methyl sites for hydroxylation is 1. The lowest BCUT2D eigenvalue weighted by Gasteiger charge is -2.37. The number of hydrogen-bond donors (Lipinski definition) is 1. The van der Waals surface area contributed by atoms with Crippen LogP contribution in [0, 0.1) is 17.0 Å². The number of aromatic nitrogens is 1. The highest BCUT2D eigenvalue weighted by atomic mass is 32.1. The molecule has 0 aliphatic carbocycles. The fourth-order valence-electron chi connectivity index (χ4n) is 2.99. The topological polar surface area (TPSA) is 71.3 Å². The molecule has 0 amide bonds. The Morgan fingerprint density at radius 3 is 2.67 bits per heavy atom. The van der Waals surface area contributed by atoms with Crippen molar-refractivity contribution in [1.82, 2.24) is 10.3 Å². The number of piperazine rings is 1. The minimum atomic E-state index is -0.290. The first-order valence-electron chi connectivity index (χ1n) is 7.00. The van der Waals surface area contributed by atoms with Crippen LogP contribution in [-0.2, 0) is 0 Å². The summed E-state index contributed by atoms with van der Waals surface area (Å²) in [6.07, 6.45) is 0. The lowest BCUT2D eigenvalue weighted by molar-refractivity contribution is -0.384. The molecule has 2 unspecified atom stereocenters. The van der Waals surface area contributed by atoms with E-state index < -0.39 is 0 Å². The van der Waals surface area contributed by atoms with Crippen LogP contribution < -0.4 is 10.2 Å². The second-order valence-corrected chi connectivity index (χ2v) is 6.91. The van der Waals surface area contributed by atoms with Crippen LogP contribution >= 0.6 is 11.3 Å². The smallest absolute Gasteiger partial charge is 0.294 e. The molecule has 112 valence electrons. The Morgan fingerprint density at radius 2 is 2.05 bits per heavy atom. The Bertz CT molecular complexity index is 690. The number of nitro benzene ring substituents is 1. The molecule has 0 saturated carbocycles. The van der Waals surface area contributed by atoms with E-state index in [-0.39, 0.29) is 10.6 Å². The summed E-state index contributed by atoms with van der Waals surface area (Å²) in [6, 6.07) is 4.14. The van der Waals surface area contributed by atoms with Crippen molar-refractivity contribution in [1.29, 1.82) is 0 Å². The van der Waals surface area contributed by atoms with Gasteiger partial charge in [-0.15, -0.1) is 11.3 Å². The van der Waals surface area contributed by atoms with Crippen molar-refractivity contribution in [3.63, 3.8) is 0 Å². The first-order valence-corrected chi connectivity index (χ1v) is 7.82. The highest BCUT2D eigenvalue weighted by Gasteiger charge is 2.27. The van der Waals surface area contributed by atoms with Crippen molar-refractivity contribution in [2.75, 3.05) is 18.0 Å². The van der Waals surface area contributed by atoms with Gasteiger partial charge in [0.15, 0.2) is 0 Å². The molecule has 7 heteroatoms. The molecule has 1 N–H and O–H groups in total. The van der Waals surface area contributed by atoms with Crippen molar-refractivity contribution < 1.29 is 4.92 Å². The average molecular weight is 306 g/mol. The van der Waals surface area contributed by atoms with Crippen LogP contribution in [0.5, 0.6) is 0 Å². The third-order valence-corrected chi connectivity index (χ3v) is 4.62. The van der Waals surface area contributed by atoms with Gasteiger partial charge in [-0.05, 0) is 26.8 Å². The second kappa shape index (κ2) is 5.23. The van der Waals surface area contributed by atoms with Gasteiger partial charge in [-0.2, -0.15) is 0 Å². The monoisotopic (exact) mass is 306 g/mol. The fourth-order valence-corrected chi connectivity index (χ4v) is 3.83. The van der Waals surface area contributed by atoms with E-state index >= 15 is 0 Å². The highest BCUT2D eigenvalue weighted by molar-refractivity contribution is 7.18. The number of benzene rings is 1. The van der Waals surface area contributed by atoms with Crippen molar-refractivity contribution >= 4 is 32.9 Å². The predicted octanol–water partition coefficient (Wildman–Crippen LogP) is 2.70. The van der Waals surface area contributed by atoms with Gasteiger partial charge in [-0.25, -0.2) is 4.98 Å². The predicted molar refractivity (Wildman–Crippen MR) is 85.3 cm³/mol. The normalized spacial score (nSPS) is 22.7. The van der Waals surface area contributed by atoms with E-state index in [4.69, 9.17) is 0 Å². The Labute approximate surface area is 126 Å². The molecule has 1 aliphatic rings. The Balaban J connectivity index is 2.10. The first kappa shape index (κ1) is 14.2. The number of nitrogens with zero attached hydrogens (tertiary/aromatic N) is 3. The van der Waals surface area contributed by atoms with Gasteiger partial charge in [0, 0.05) is 31.2 Å². The molecule has 0 radical (unpaired) electrons. The zero-order valence-corrected chi connectivity index (χ0v) is 13.1. The highest BCUT2D eigenvalue weighted by Crippen LogP contribution is 2.36. The number of hydrogen-bond acceptors (Lipinski definition) is 6. The van der Waals surface area contributed by atoms with Crippen LogP contribution in [0.25, 0.3) is 10.2 Å². The zero-order valence-electron chi connectivity index (χ0n) is 12.3. The molecule has 0 spiro atoms. The first-order chi connectivity index (χ1) is 9.94. The molecular weight excluding hydrogens is 288 g/mol. The quantitative estimate of drug-likeness (QED) is 0.682. The van der Waals surface area contributed by atoms with E-state index in [0.717, 1.165) is 28.3 Å². The van der Waals surface area contributed by atoms with E-state index in [1.807, 2.05) is 13.0 Å². The molecule has 1 aliphatic heterocycles. The molecule has 0 bridgehead atoms. The Morgan fingerprint density at radius 1 is 1.38 bits per heavy atom. The maximum atomic E-state index is 11.4. The number of rotatable bonds is 2. The van der Waals surface area contributed by atoms with Gasteiger partial charge >= 0.3 is 0 Å². The molecule has 2 atom stereocenters. The van der Waals surface area contributed by atoms with Crippen LogP contribution in [0.1, 0.15) is 18.9 Å². The standard InChI is InChI=1S/C14H18N4O2S/c1-8-6-17(7-9(2)15-8)12-4-11-14(21-10(3)16-11)5-13(12)18(19)20/h4-5,8-9,15H,6-7H2,1-3H3. The number of fused-ring (bicyclic) bond motifs is 1. The fraction of sp³-hybridized carbons (Fsp3) is 0.500. The van der Waals surface area contributed by atoms with Crippen molar-refractivity contribution in [3.8, 4) is 0 Å². The van der Waals surface area contributed by atoms with Gasteiger partial charge < -0.3 is 10.2 Å². The van der Waals surface area contributed by atoms with Gasteiger partial charge in [0.2, 0.25) is 0 Å². The van der Waals surface area contributed by atoms with Crippen molar-refractivity contribution in [2.24, 2.45) is 0 Å². The molecule has 1 aromatic heterocycles. The van der Waals surface area contributed by atoms with Crippen molar-refractivity contribution in [2.45, 2.75) is 32.9 Å². The van der Waals surface area contributed by atoms with E-state index in [9.17, 15) is 10.1 Å². The van der Waals surface area contributed by atoms with Crippen molar-refractivity contribution in [3.05, 3.63) is 27.3 Å². The van der Waals surface area contributed by atoms with E-state index in [0.29, 0.717) is 17.8 Å². The summed E-state index contributed by atoms with van der Waals surface area (Å²) in [4.78, 5) is 17.7. The van der Waals surface area contributed by atoms with Crippen LogP contribution in [0.15, 0.2) is 12.1 Å². The number of anilines is 1. The summed E-state index contributed by atoms with van der Waals surface area (Å²) in [7, 11) is 0. The summed E-state index contributed by atoms with van der Waals surface area (Å²) in [5.74, 6) is 0. The molecular formula is C14H18N4O2S. The van der Waals surface area contributed by atoms with Crippen LogP contribution in [0.2, 0.25) is 0 Å². The Hall–Kier alpha value is -1.73. The summed E-state index contributed by atoms with van der Waals surface area (Å²) in [5.41, 5.74) is 1.70. The van der Waals surface area contributed by atoms with Gasteiger partial charge in [0.25, 0.3) is 5.69 Å². The van der Waals surface area contributed by atoms with E-state index in [2.05, 4.69) is 29.0 Å². The summed E-state index contributed by atoms with van der Waals surface area (Å²) in [6.45, 7) is 7.64. The van der Waals surface area contributed by atoms with E-state index in [1.165, 1.54) is 11.3 Å². The summed E-state index contributed by atoms with van der Waals surface area (Å²) < 4.78 is 0.874. The van der Waals surface area contributed by atoms with Gasteiger partial charge in [0.1, 0.15) is 5.69 Å². The molecule has 6 nitrogen and oxygen atoms in total. The lowest BCUT2D eigenvalue weighted by atomic mass is 10.1. The second-order valence-electron chi connectivity index (χ2n) is 5.67. The van der Waals surface area contributed by atoms with Gasteiger partial charge in [0.05, 0.1) is 20.1 Å². The largest absolute Gasteiger partial charge is 0.363 e. The number of nitro groups is 1. The van der Waals surface area contributed by atoms with Crippen LogP contribution in [0.4, 0.5) is 11.4 Å². The van der Waals surface area contributed by atoms with Crippen LogP contribution in [-0.4, -0.2) is 35.1 Å². The number of thiazole rings is 1. The molecule has 3 rings (SSSR count). The third-order valence-electron chi connectivity index (χ3n) is 3.69. The van der Waals surface area contributed by atoms with Gasteiger partial charge in [-0.3, -0.25) is 10.1 Å². The Kier molecular flexibility index (Phi) is 3.54. The molecule has 1 fully saturated rings. The van der Waals surface area contributed by atoms with Crippen LogP contribution in [0.3, 0.4) is 0 Å². The number of nitrogens with one attached hydrogen (secondary N) is 1. The zero-order chi connectivity index (χ0) is 15.1. The average Bonchev–Trinajstić information content (AvgIpc) is 2.75. The molecule has 2 heterocycles.